The Kier molecular flexibility index (Phi) is 3.04. The molecule has 0 fully saturated rings. The van der Waals surface area contributed by atoms with E-state index in [1.807, 2.05) is 37.4 Å². The molecule has 1 aromatic heterocycles. The molecule has 3 heteroatoms. The summed E-state index contributed by atoms with van der Waals surface area (Å²) in [6.45, 7) is 0. The maximum absolute atomic E-state index is 9.82. The van der Waals surface area contributed by atoms with Crippen molar-refractivity contribution in [1.82, 2.24) is 9.55 Å². The molecule has 0 amide bonds. The summed E-state index contributed by atoms with van der Waals surface area (Å²) in [7, 11) is 1.83. The van der Waals surface area contributed by atoms with Crippen LogP contribution in [0.3, 0.4) is 0 Å². The number of benzene rings is 1. The summed E-state index contributed by atoms with van der Waals surface area (Å²) >= 11 is 0. The minimum absolute atomic E-state index is 0.698. The highest BCUT2D eigenvalue weighted by Crippen LogP contribution is 2.09. The standard InChI is InChI=1S/C13H12N2O/c1-15-10-14-9-12(15)13(16)8-7-11-5-3-2-4-6-11/h2-6,9-10,13,16H,1H3. The summed E-state index contributed by atoms with van der Waals surface area (Å²) in [4.78, 5) is 3.93. The first-order valence-corrected chi connectivity index (χ1v) is 4.98. The van der Waals surface area contributed by atoms with E-state index in [1.54, 1.807) is 17.1 Å². The molecule has 16 heavy (non-hydrogen) atoms. The first kappa shape index (κ1) is 10.5. The zero-order chi connectivity index (χ0) is 11.4. The van der Waals surface area contributed by atoms with Gasteiger partial charge in [0.15, 0.2) is 6.10 Å². The Bertz CT molecular complexity index is 520. The number of aryl methyl sites for hydroxylation is 1. The third kappa shape index (κ3) is 2.30. The van der Waals surface area contributed by atoms with Gasteiger partial charge in [0, 0.05) is 12.6 Å². The quantitative estimate of drug-likeness (QED) is 0.727. The molecule has 3 nitrogen and oxygen atoms in total. The molecule has 0 radical (unpaired) electrons. The largest absolute Gasteiger partial charge is 0.374 e. The summed E-state index contributed by atoms with van der Waals surface area (Å²) in [5.41, 5.74) is 1.59. The number of imidazole rings is 1. The topological polar surface area (TPSA) is 38.0 Å². The molecule has 0 aliphatic rings. The number of aromatic nitrogens is 2. The minimum Gasteiger partial charge on any atom is -0.374 e. The Labute approximate surface area is 94.4 Å². The van der Waals surface area contributed by atoms with Crippen LogP contribution in [0.2, 0.25) is 0 Å². The van der Waals surface area contributed by atoms with Gasteiger partial charge < -0.3 is 9.67 Å². The van der Waals surface area contributed by atoms with Gasteiger partial charge in [-0.15, -0.1) is 0 Å². The lowest BCUT2D eigenvalue weighted by molar-refractivity contribution is 0.229. The zero-order valence-corrected chi connectivity index (χ0v) is 8.96. The Morgan fingerprint density at radius 2 is 2.06 bits per heavy atom. The summed E-state index contributed by atoms with van der Waals surface area (Å²) in [5, 5.41) is 9.82. The van der Waals surface area contributed by atoms with Crippen LogP contribution in [0.15, 0.2) is 42.9 Å². The molecule has 0 saturated carbocycles. The van der Waals surface area contributed by atoms with Gasteiger partial charge in [-0.1, -0.05) is 30.0 Å². The molecule has 1 heterocycles. The highest BCUT2D eigenvalue weighted by molar-refractivity contribution is 5.35. The van der Waals surface area contributed by atoms with E-state index in [-0.39, 0.29) is 0 Å². The summed E-state index contributed by atoms with van der Waals surface area (Å²) in [6, 6.07) is 9.58. The van der Waals surface area contributed by atoms with Gasteiger partial charge in [-0.2, -0.15) is 0 Å². The van der Waals surface area contributed by atoms with E-state index in [4.69, 9.17) is 0 Å². The van der Waals surface area contributed by atoms with Crippen LogP contribution in [0.4, 0.5) is 0 Å². The van der Waals surface area contributed by atoms with E-state index in [1.165, 1.54) is 0 Å². The van der Waals surface area contributed by atoms with Crippen molar-refractivity contribution >= 4 is 0 Å². The van der Waals surface area contributed by atoms with Crippen LogP contribution in [0.25, 0.3) is 0 Å². The Balaban J connectivity index is 2.18. The van der Waals surface area contributed by atoms with Gasteiger partial charge in [0.1, 0.15) is 0 Å². The predicted octanol–water partition coefficient (Wildman–Crippen LogP) is 1.51. The van der Waals surface area contributed by atoms with Crippen LogP contribution in [0.1, 0.15) is 17.4 Å². The van der Waals surface area contributed by atoms with Gasteiger partial charge in [-0.05, 0) is 12.1 Å². The fraction of sp³-hybridized carbons (Fsp3) is 0.154. The van der Waals surface area contributed by atoms with Gasteiger partial charge in [-0.3, -0.25) is 0 Å². The summed E-state index contributed by atoms with van der Waals surface area (Å²) in [5.74, 6) is 5.71. The molecule has 0 bridgehead atoms. The van der Waals surface area contributed by atoms with E-state index < -0.39 is 6.10 Å². The zero-order valence-electron chi connectivity index (χ0n) is 8.96. The highest BCUT2D eigenvalue weighted by Gasteiger charge is 2.06. The van der Waals surface area contributed by atoms with Crippen molar-refractivity contribution in [2.75, 3.05) is 0 Å². The van der Waals surface area contributed by atoms with E-state index in [9.17, 15) is 5.11 Å². The van der Waals surface area contributed by atoms with Crippen LogP contribution >= 0.6 is 0 Å². The maximum Gasteiger partial charge on any atom is 0.156 e. The number of hydrogen-bond donors (Lipinski definition) is 1. The number of nitrogens with zero attached hydrogens (tertiary/aromatic N) is 2. The molecule has 0 spiro atoms. The van der Waals surface area contributed by atoms with E-state index in [2.05, 4.69) is 16.8 Å². The monoisotopic (exact) mass is 212 g/mol. The van der Waals surface area contributed by atoms with E-state index in [0.29, 0.717) is 5.69 Å². The lowest BCUT2D eigenvalue weighted by atomic mass is 10.2. The Hall–Kier alpha value is -2.05. The minimum atomic E-state index is -0.798. The number of hydrogen-bond acceptors (Lipinski definition) is 2. The molecule has 2 rings (SSSR count). The molecule has 1 aromatic carbocycles. The first-order valence-electron chi connectivity index (χ1n) is 4.98. The molecule has 1 N–H and O–H groups in total. The van der Waals surface area contributed by atoms with Crippen molar-refractivity contribution in [2.45, 2.75) is 6.10 Å². The smallest absolute Gasteiger partial charge is 0.156 e. The average molecular weight is 212 g/mol. The fourth-order valence-corrected chi connectivity index (χ4v) is 1.38. The van der Waals surface area contributed by atoms with Crippen molar-refractivity contribution in [1.29, 1.82) is 0 Å². The van der Waals surface area contributed by atoms with Crippen molar-refractivity contribution in [2.24, 2.45) is 7.05 Å². The molecule has 1 unspecified atom stereocenters. The van der Waals surface area contributed by atoms with Crippen LogP contribution in [-0.2, 0) is 7.05 Å². The lowest BCUT2D eigenvalue weighted by Gasteiger charge is -2.02. The van der Waals surface area contributed by atoms with Gasteiger partial charge in [-0.25, -0.2) is 4.98 Å². The van der Waals surface area contributed by atoms with Gasteiger partial charge in [0.25, 0.3) is 0 Å². The fourth-order valence-electron chi connectivity index (χ4n) is 1.38. The van der Waals surface area contributed by atoms with Crippen LogP contribution in [0, 0.1) is 11.8 Å². The highest BCUT2D eigenvalue weighted by atomic mass is 16.3. The number of aliphatic hydroxyl groups excluding tert-OH is 1. The summed E-state index contributed by atoms with van der Waals surface area (Å²) < 4.78 is 1.75. The third-order valence-electron chi connectivity index (χ3n) is 2.26. The molecule has 1 atom stereocenters. The molecule has 0 aliphatic carbocycles. The van der Waals surface area contributed by atoms with E-state index in [0.717, 1.165) is 5.56 Å². The van der Waals surface area contributed by atoms with Crippen LogP contribution < -0.4 is 0 Å². The van der Waals surface area contributed by atoms with Crippen molar-refractivity contribution in [3.8, 4) is 11.8 Å². The van der Waals surface area contributed by atoms with Crippen molar-refractivity contribution in [3.63, 3.8) is 0 Å². The number of aliphatic hydroxyl groups is 1. The third-order valence-corrected chi connectivity index (χ3v) is 2.26. The van der Waals surface area contributed by atoms with E-state index >= 15 is 0 Å². The average Bonchev–Trinajstić information content (AvgIpc) is 2.74. The van der Waals surface area contributed by atoms with Gasteiger partial charge in [0.05, 0.1) is 18.2 Å². The Morgan fingerprint density at radius 1 is 1.31 bits per heavy atom. The molecule has 2 aromatic rings. The molecule has 0 saturated heterocycles. The molecule has 0 aliphatic heterocycles. The van der Waals surface area contributed by atoms with Crippen molar-refractivity contribution < 1.29 is 5.11 Å². The van der Waals surface area contributed by atoms with Crippen LogP contribution in [-0.4, -0.2) is 14.7 Å². The predicted molar refractivity (Wildman–Crippen MR) is 61.5 cm³/mol. The second-order valence-corrected chi connectivity index (χ2v) is 3.47. The van der Waals surface area contributed by atoms with Gasteiger partial charge >= 0.3 is 0 Å². The second-order valence-electron chi connectivity index (χ2n) is 3.47. The molecular formula is C13H12N2O. The molecular weight excluding hydrogens is 200 g/mol. The van der Waals surface area contributed by atoms with Gasteiger partial charge in [0.2, 0.25) is 0 Å². The normalized spacial score (nSPS) is 11.6. The first-order chi connectivity index (χ1) is 7.77. The summed E-state index contributed by atoms with van der Waals surface area (Å²) in [6.07, 6.45) is 2.46. The number of rotatable bonds is 1. The lowest BCUT2D eigenvalue weighted by Crippen LogP contribution is -2.00. The Morgan fingerprint density at radius 3 is 2.69 bits per heavy atom. The maximum atomic E-state index is 9.82. The SMILES string of the molecule is Cn1cncc1C(O)C#Cc1ccccc1. The second kappa shape index (κ2) is 4.65. The van der Waals surface area contributed by atoms with Crippen LogP contribution in [0.5, 0.6) is 0 Å². The van der Waals surface area contributed by atoms with Crippen molar-refractivity contribution in [3.05, 3.63) is 54.1 Å². The molecule has 80 valence electrons.